The molecule has 0 bridgehead atoms. The van der Waals surface area contributed by atoms with Crippen molar-refractivity contribution in [1.29, 1.82) is 0 Å². The molecule has 118 valence electrons. The quantitative estimate of drug-likeness (QED) is 0.792. The highest BCUT2D eigenvalue weighted by atomic mass is 16.5. The summed E-state index contributed by atoms with van der Waals surface area (Å²) in [6, 6.07) is 9.83. The monoisotopic (exact) mass is 302 g/mol. The Hall–Kier alpha value is -1.92. The van der Waals surface area contributed by atoms with E-state index >= 15 is 0 Å². The first-order valence-electron chi connectivity index (χ1n) is 7.80. The number of aryl methyl sites for hydroxylation is 1. The molecular formula is C16H22N4O2. The lowest BCUT2D eigenvalue weighted by molar-refractivity contribution is 0.103. The molecule has 1 atom stereocenters. The van der Waals surface area contributed by atoms with E-state index in [4.69, 9.17) is 15.2 Å². The molecule has 0 amide bonds. The van der Waals surface area contributed by atoms with Gasteiger partial charge in [0.05, 0.1) is 12.3 Å². The van der Waals surface area contributed by atoms with Crippen LogP contribution in [0.2, 0.25) is 0 Å². The van der Waals surface area contributed by atoms with Gasteiger partial charge in [0.15, 0.2) is 0 Å². The SMILES string of the molecule is NCc1nnn(CCCOc2ccccc2)c1C1CCCO1. The van der Waals surface area contributed by atoms with Crippen LogP contribution in [0, 0.1) is 0 Å². The summed E-state index contributed by atoms with van der Waals surface area (Å²) in [5, 5.41) is 8.41. The van der Waals surface area contributed by atoms with Gasteiger partial charge in [0.1, 0.15) is 17.5 Å². The standard InChI is InChI=1S/C16H22N4O2/c17-12-14-16(15-8-4-10-22-15)20(19-18-14)9-5-11-21-13-6-2-1-3-7-13/h1-3,6-7,15H,4-5,8-12,17H2. The van der Waals surface area contributed by atoms with E-state index in [2.05, 4.69) is 10.3 Å². The Labute approximate surface area is 130 Å². The van der Waals surface area contributed by atoms with Crippen LogP contribution in [0.1, 0.15) is 36.8 Å². The van der Waals surface area contributed by atoms with E-state index in [0.29, 0.717) is 13.2 Å². The molecule has 1 aromatic heterocycles. The Morgan fingerprint density at radius 1 is 1.32 bits per heavy atom. The number of aromatic nitrogens is 3. The second-order valence-corrected chi connectivity index (χ2v) is 5.37. The van der Waals surface area contributed by atoms with E-state index in [1.807, 2.05) is 35.0 Å². The molecule has 0 saturated carbocycles. The third-order valence-electron chi connectivity index (χ3n) is 3.80. The molecular weight excluding hydrogens is 280 g/mol. The average Bonchev–Trinajstić information content (AvgIpc) is 3.21. The molecule has 1 fully saturated rings. The Morgan fingerprint density at radius 3 is 2.91 bits per heavy atom. The minimum atomic E-state index is 0.0867. The Balaban J connectivity index is 1.57. The average molecular weight is 302 g/mol. The topological polar surface area (TPSA) is 75.2 Å². The second-order valence-electron chi connectivity index (χ2n) is 5.37. The van der Waals surface area contributed by atoms with E-state index in [1.54, 1.807) is 0 Å². The van der Waals surface area contributed by atoms with E-state index in [0.717, 1.165) is 49.6 Å². The summed E-state index contributed by atoms with van der Waals surface area (Å²) in [5.41, 5.74) is 7.65. The van der Waals surface area contributed by atoms with Gasteiger partial charge in [-0.3, -0.25) is 0 Å². The number of nitrogens with two attached hydrogens (primary N) is 1. The number of nitrogens with zero attached hydrogens (tertiary/aromatic N) is 3. The van der Waals surface area contributed by atoms with Crippen molar-refractivity contribution in [1.82, 2.24) is 15.0 Å². The lowest BCUT2D eigenvalue weighted by atomic mass is 10.1. The van der Waals surface area contributed by atoms with E-state index in [9.17, 15) is 0 Å². The molecule has 1 saturated heterocycles. The van der Waals surface area contributed by atoms with Crippen LogP contribution in [0.5, 0.6) is 5.75 Å². The number of hydrogen-bond donors (Lipinski definition) is 1. The summed E-state index contributed by atoms with van der Waals surface area (Å²) in [6.07, 6.45) is 3.04. The van der Waals surface area contributed by atoms with Crippen molar-refractivity contribution in [3.05, 3.63) is 41.7 Å². The summed E-state index contributed by atoms with van der Waals surface area (Å²) in [5.74, 6) is 0.892. The van der Waals surface area contributed by atoms with Crippen LogP contribution < -0.4 is 10.5 Å². The first-order chi connectivity index (χ1) is 10.9. The zero-order valence-electron chi connectivity index (χ0n) is 12.6. The van der Waals surface area contributed by atoms with Gasteiger partial charge in [-0.2, -0.15) is 0 Å². The van der Waals surface area contributed by atoms with Crippen molar-refractivity contribution in [2.75, 3.05) is 13.2 Å². The van der Waals surface area contributed by atoms with Crippen molar-refractivity contribution < 1.29 is 9.47 Å². The lowest BCUT2D eigenvalue weighted by Gasteiger charge is -2.13. The molecule has 2 heterocycles. The van der Waals surface area contributed by atoms with Crippen molar-refractivity contribution in [2.45, 2.75) is 38.5 Å². The number of rotatable bonds is 7. The van der Waals surface area contributed by atoms with Crippen LogP contribution in [0.25, 0.3) is 0 Å². The molecule has 2 N–H and O–H groups in total. The summed E-state index contributed by atoms with van der Waals surface area (Å²) in [4.78, 5) is 0. The maximum Gasteiger partial charge on any atom is 0.119 e. The normalized spacial score (nSPS) is 17.8. The lowest BCUT2D eigenvalue weighted by Crippen LogP contribution is -2.13. The third-order valence-corrected chi connectivity index (χ3v) is 3.80. The van der Waals surface area contributed by atoms with Crippen LogP contribution in [-0.4, -0.2) is 28.2 Å². The highest BCUT2D eigenvalue weighted by Gasteiger charge is 2.25. The van der Waals surface area contributed by atoms with Gasteiger partial charge in [0.25, 0.3) is 0 Å². The first-order valence-corrected chi connectivity index (χ1v) is 7.80. The highest BCUT2D eigenvalue weighted by molar-refractivity contribution is 5.20. The molecule has 0 aliphatic carbocycles. The molecule has 1 aliphatic heterocycles. The van der Waals surface area contributed by atoms with Gasteiger partial charge in [-0.15, -0.1) is 5.10 Å². The molecule has 6 heteroatoms. The molecule has 6 nitrogen and oxygen atoms in total. The zero-order chi connectivity index (χ0) is 15.2. The van der Waals surface area contributed by atoms with Crippen molar-refractivity contribution >= 4 is 0 Å². The predicted octanol–water partition coefficient (Wildman–Crippen LogP) is 2.06. The van der Waals surface area contributed by atoms with Crippen LogP contribution in [0.15, 0.2) is 30.3 Å². The van der Waals surface area contributed by atoms with E-state index in [-0.39, 0.29) is 6.10 Å². The smallest absolute Gasteiger partial charge is 0.119 e. The zero-order valence-corrected chi connectivity index (χ0v) is 12.6. The fraction of sp³-hybridized carbons (Fsp3) is 0.500. The van der Waals surface area contributed by atoms with Gasteiger partial charge < -0.3 is 15.2 Å². The number of benzene rings is 1. The maximum absolute atomic E-state index is 5.77. The van der Waals surface area contributed by atoms with Crippen LogP contribution >= 0.6 is 0 Å². The van der Waals surface area contributed by atoms with Gasteiger partial charge in [0.2, 0.25) is 0 Å². The summed E-state index contributed by atoms with van der Waals surface area (Å²) in [7, 11) is 0. The fourth-order valence-electron chi connectivity index (χ4n) is 2.73. The highest BCUT2D eigenvalue weighted by Crippen LogP contribution is 2.30. The predicted molar refractivity (Wildman–Crippen MR) is 82.4 cm³/mol. The van der Waals surface area contributed by atoms with E-state index in [1.165, 1.54) is 0 Å². The largest absolute Gasteiger partial charge is 0.494 e. The third kappa shape index (κ3) is 3.45. The van der Waals surface area contributed by atoms with Gasteiger partial charge in [-0.1, -0.05) is 23.4 Å². The second kappa shape index (κ2) is 7.38. The van der Waals surface area contributed by atoms with E-state index < -0.39 is 0 Å². The summed E-state index contributed by atoms with van der Waals surface area (Å²) in [6.45, 7) is 2.61. The summed E-state index contributed by atoms with van der Waals surface area (Å²) >= 11 is 0. The number of para-hydroxylation sites is 1. The van der Waals surface area contributed by atoms with Gasteiger partial charge >= 0.3 is 0 Å². The van der Waals surface area contributed by atoms with Crippen LogP contribution in [0.4, 0.5) is 0 Å². The van der Waals surface area contributed by atoms with Crippen LogP contribution in [0.3, 0.4) is 0 Å². The molecule has 0 radical (unpaired) electrons. The number of hydrogen-bond acceptors (Lipinski definition) is 5. The molecule has 1 unspecified atom stereocenters. The van der Waals surface area contributed by atoms with Crippen molar-refractivity contribution in [3.8, 4) is 5.75 Å². The minimum Gasteiger partial charge on any atom is -0.494 e. The maximum atomic E-state index is 5.77. The van der Waals surface area contributed by atoms with Gasteiger partial charge in [-0.05, 0) is 25.0 Å². The molecule has 22 heavy (non-hydrogen) atoms. The Bertz CT molecular complexity index is 579. The van der Waals surface area contributed by atoms with Crippen molar-refractivity contribution in [3.63, 3.8) is 0 Å². The van der Waals surface area contributed by atoms with Gasteiger partial charge in [0, 0.05) is 26.1 Å². The fourth-order valence-corrected chi connectivity index (χ4v) is 2.73. The van der Waals surface area contributed by atoms with Crippen molar-refractivity contribution in [2.24, 2.45) is 5.73 Å². The summed E-state index contributed by atoms with van der Waals surface area (Å²) < 4.78 is 13.4. The Morgan fingerprint density at radius 2 is 2.18 bits per heavy atom. The molecule has 0 spiro atoms. The molecule has 1 aromatic carbocycles. The minimum absolute atomic E-state index is 0.0867. The first kappa shape index (κ1) is 15.0. The van der Waals surface area contributed by atoms with Crippen LogP contribution in [-0.2, 0) is 17.8 Å². The molecule has 3 rings (SSSR count). The Kier molecular flexibility index (Phi) is 5.03. The number of ether oxygens (including phenoxy) is 2. The van der Waals surface area contributed by atoms with Gasteiger partial charge in [-0.25, -0.2) is 4.68 Å². The molecule has 2 aromatic rings. The molecule has 1 aliphatic rings.